The van der Waals surface area contributed by atoms with Gasteiger partial charge in [-0.25, -0.2) is 9.59 Å². The summed E-state index contributed by atoms with van der Waals surface area (Å²) in [5.74, 6) is -2.61. The Labute approximate surface area is 77.7 Å². The smallest absolute Gasteiger partial charge is 0.338 e. The van der Waals surface area contributed by atoms with Gasteiger partial charge in [0.1, 0.15) is 4.64 Å². The van der Waals surface area contributed by atoms with Gasteiger partial charge in [0.15, 0.2) is 0 Å². The molecule has 1 aromatic rings. The average Bonchev–Trinajstić information content (AvgIpc) is 2.03. The molecule has 0 unspecified atom stereocenters. The quantitative estimate of drug-likeness (QED) is 0.621. The van der Waals surface area contributed by atoms with Crippen molar-refractivity contribution in [2.45, 2.75) is 0 Å². The largest absolute Gasteiger partial charge is 0.478 e. The van der Waals surface area contributed by atoms with Crippen molar-refractivity contribution in [3.05, 3.63) is 28.0 Å². The molecule has 0 aromatic carbocycles. The van der Waals surface area contributed by atoms with Gasteiger partial charge >= 0.3 is 11.9 Å². The summed E-state index contributed by atoms with van der Waals surface area (Å²) in [5.41, 5.74) is -0.614. The van der Waals surface area contributed by atoms with Crippen molar-refractivity contribution in [3.63, 3.8) is 0 Å². The second-order valence-electron chi connectivity index (χ2n) is 2.23. The highest BCUT2D eigenvalue weighted by atomic mass is 32.1. The molecule has 0 bridgehead atoms. The van der Waals surface area contributed by atoms with E-state index in [-0.39, 0.29) is 15.8 Å². The number of aromatic carboxylic acids is 2. The van der Waals surface area contributed by atoms with Crippen LogP contribution in [0.3, 0.4) is 0 Å². The van der Waals surface area contributed by atoms with Crippen molar-refractivity contribution < 1.29 is 19.8 Å². The fraction of sp³-hybridized carbons (Fsp3) is 0. The predicted molar refractivity (Wildman–Crippen MR) is 45.5 cm³/mol. The normalized spacial score (nSPS) is 9.54. The maximum Gasteiger partial charge on any atom is 0.338 e. The molecule has 0 radical (unpaired) electrons. The Hall–Kier alpha value is -1.69. The zero-order valence-corrected chi connectivity index (χ0v) is 7.09. The second-order valence-corrected chi connectivity index (χ2v) is 2.67. The summed E-state index contributed by atoms with van der Waals surface area (Å²) < 4.78 is 0.183. The number of aromatic amines is 1. The maximum atomic E-state index is 10.6. The van der Waals surface area contributed by atoms with Gasteiger partial charge in [-0.05, 0) is 6.07 Å². The molecular formula is C7H5NO4S. The topological polar surface area (TPSA) is 90.4 Å². The van der Waals surface area contributed by atoms with Crippen molar-refractivity contribution in [1.82, 2.24) is 4.98 Å². The zero-order valence-electron chi connectivity index (χ0n) is 6.27. The summed E-state index contributed by atoms with van der Waals surface area (Å²) >= 11 is 4.65. The van der Waals surface area contributed by atoms with Gasteiger partial charge in [-0.3, -0.25) is 0 Å². The minimum atomic E-state index is -1.31. The molecule has 0 saturated heterocycles. The van der Waals surface area contributed by atoms with Crippen LogP contribution in [-0.2, 0) is 0 Å². The number of H-pyrrole nitrogens is 1. The molecular weight excluding hydrogens is 194 g/mol. The maximum absolute atomic E-state index is 10.6. The number of hydrogen-bond acceptors (Lipinski definition) is 3. The summed E-state index contributed by atoms with van der Waals surface area (Å²) in [5, 5.41) is 17.2. The molecule has 13 heavy (non-hydrogen) atoms. The molecule has 3 N–H and O–H groups in total. The first kappa shape index (κ1) is 9.40. The minimum absolute atomic E-state index is 0.183. The van der Waals surface area contributed by atoms with Crippen molar-refractivity contribution in [3.8, 4) is 0 Å². The molecule has 0 saturated carbocycles. The Morgan fingerprint density at radius 2 is 1.77 bits per heavy atom. The minimum Gasteiger partial charge on any atom is -0.478 e. The van der Waals surface area contributed by atoms with E-state index in [1.165, 1.54) is 0 Å². The molecule has 5 nitrogen and oxygen atoms in total. The van der Waals surface area contributed by atoms with Gasteiger partial charge in [0.2, 0.25) is 0 Å². The lowest BCUT2D eigenvalue weighted by molar-refractivity contribution is 0.0651. The summed E-state index contributed by atoms with van der Waals surface area (Å²) in [6, 6.07) is 1.10. The van der Waals surface area contributed by atoms with E-state index in [0.29, 0.717) is 0 Å². The summed E-state index contributed by atoms with van der Waals surface area (Å²) in [4.78, 5) is 23.5. The van der Waals surface area contributed by atoms with Gasteiger partial charge in [0, 0.05) is 6.20 Å². The van der Waals surface area contributed by atoms with E-state index in [4.69, 9.17) is 10.2 Å². The highest BCUT2D eigenvalue weighted by Crippen LogP contribution is 2.07. The summed E-state index contributed by atoms with van der Waals surface area (Å²) in [6.45, 7) is 0. The molecule has 0 aliphatic carbocycles. The molecule has 0 fully saturated rings. The van der Waals surface area contributed by atoms with E-state index < -0.39 is 11.9 Å². The lowest BCUT2D eigenvalue weighted by atomic mass is 10.1. The third-order valence-corrected chi connectivity index (χ3v) is 1.62. The fourth-order valence-electron chi connectivity index (χ4n) is 0.825. The Bertz CT molecular complexity index is 423. The molecule has 0 amide bonds. The molecule has 1 heterocycles. The average molecular weight is 199 g/mol. The first-order chi connectivity index (χ1) is 6.02. The Balaban J connectivity index is 3.44. The number of carboxylic acids is 2. The number of hydrogen-bond donors (Lipinski definition) is 3. The van der Waals surface area contributed by atoms with E-state index in [0.717, 1.165) is 12.3 Å². The zero-order chi connectivity index (χ0) is 10.0. The van der Waals surface area contributed by atoms with Gasteiger partial charge < -0.3 is 15.2 Å². The number of carbonyl (C=O) groups is 2. The van der Waals surface area contributed by atoms with E-state index in [1.807, 2.05) is 0 Å². The standard InChI is InChI=1S/C7H5NO4S/c9-6(10)3-1-5(13)8-2-4(3)7(11)12/h1-2H,(H,8,13)(H,9,10)(H,11,12). The van der Waals surface area contributed by atoms with Crippen LogP contribution in [0.5, 0.6) is 0 Å². The Morgan fingerprint density at radius 3 is 2.23 bits per heavy atom. The van der Waals surface area contributed by atoms with Gasteiger partial charge in [-0.1, -0.05) is 12.2 Å². The van der Waals surface area contributed by atoms with Gasteiger partial charge in [-0.2, -0.15) is 0 Å². The number of rotatable bonds is 2. The van der Waals surface area contributed by atoms with Crippen molar-refractivity contribution in [1.29, 1.82) is 0 Å². The van der Waals surface area contributed by atoms with Gasteiger partial charge in [0.25, 0.3) is 0 Å². The molecule has 1 aromatic heterocycles. The highest BCUT2D eigenvalue weighted by Gasteiger charge is 2.15. The Kier molecular flexibility index (Phi) is 2.43. The second kappa shape index (κ2) is 3.36. The van der Waals surface area contributed by atoms with Crippen LogP contribution in [0.25, 0.3) is 0 Å². The van der Waals surface area contributed by atoms with Crippen molar-refractivity contribution >= 4 is 24.2 Å². The van der Waals surface area contributed by atoms with Gasteiger partial charge in [0.05, 0.1) is 11.1 Å². The lowest BCUT2D eigenvalue weighted by Crippen LogP contribution is -2.08. The first-order valence-electron chi connectivity index (χ1n) is 3.21. The molecule has 0 spiro atoms. The molecule has 6 heteroatoms. The third-order valence-electron chi connectivity index (χ3n) is 1.39. The van der Waals surface area contributed by atoms with E-state index in [9.17, 15) is 9.59 Å². The predicted octanol–water partition coefficient (Wildman–Crippen LogP) is 1.14. The first-order valence-corrected chi connectivity index (χ1v) is 3.62. The summed E-state index contributed by atoms with van der Waals surface area (Å²) in [6.07, 6.45) is 1.06. The molecule has 0 atom stereocenters. The molecule has 68 valence electrons. The van der Waals surface area contributed by atoms with Crippen molar-refractivity contribution in [2.75, 3.05) is 0 Å². The number of carboxylic acid groups (broad SMARTS) is 2. The Morgan fingerprint density at radius 1 is 1.23 bits per heavy atom. The van der Waals surface area contributed by atoms with Gasteiger partial charge in [-0.15, -0.1) is 0 Å². The number of pyridine rings is 1. The summed E-state index contributed by atoms with van der Waals surface area (Å²) in [7, 11) is 0. The number of nitrogens with one attached hydrogen (secondary N) is 1. The van der Waals surface area contributed by atoms with Crippen LogP contribution in [-0.4, -0.2) is 27.1 Å². The highest BCUT2D eigenvalue weighted by molar-refractivity contribution is 7.71. The lowest BCUT2D eigenvalue weighted by Gasteiger charge is -1.99. The number of aromatic nitrogens is 1. The monoisotopic (exact) mass is 199 g/mol. The molecule has 1 rings (SSSR count). The van der Waals surface area contributed by atoms with E-state index in [2.05, 4.69) is 17.2 Å². The molecule has 0 aliphatic rings. The SMILES string of the molecule is O=C(O)c1c[nH]c(=S)cc1C(=O)O. The molecule has 0 aliphatic heterocycles. The van der Waals surface area contributed by atoms with Crippen LogP contribution in [0.2, 0.25) is 0 Å². The van der Waals surface area contributed by atoms with Crippen LogP contribution in [0.4, 0.5) is 0 Å². The van der Waals surface area contributed by atoms with Crippen LogP contribution < -0.4 is 0 Å². The fourth-order valence-corrected chi connectivity index (χ4v) is 1.00. The van der Waals surface area contributed by atoms with Crippen molar-refractivity contribution in [2.24, 2.45) is 0 Å². The third kappa shape index (κ3) is 1.91. The van der Waals surface area contributed by atoms with E-state index >= 15 is 0 Å². The van der Waals surface area contributed by atoms with Crippen LogP contribution in [0.1, 0.15) is 20.7 Å². The van der Waals surface area contributed by atoms with Crippen LogP contribution in [0, 0.1) is 4.64 Å². The van der Waals surface area contributed by atoms with Crippen LogP contribution >= 0.6 is 12.2 Å². The van der Waals surface area contributed by atoms with E-state index in [1.54, 1.807) is 0 Å². The van der Waals surface area contributed by atoms with Crippen LogP contribution in [0.15, 0.2) is 12.3 Å².